The molecule has 0 spiro atoms. The predicted molar refractivity (Wildman–Crippen MR) is 107 cm³/mol. The first-order valence-electron chi connectivity index (χ1n) is 8.76. The van der Waals surface area contributed by atoms with E-state index in [4.69, 9.17) is 0 Å². The van der Waals surface area contributed by atoms with Gasteiger partial charge in [0.1, 0.15) is 18.3 Å². The Kier molecular flexibility index (Phi) is 5.85. The van der Waals surface area contributed by atoms with Crippen molar-refractivity contribution in [1.82, 2.24) is 19.5 Å². The summed E-state index contributed by atoms with van der Waals surface area (Å²) < 4.78 is 1.28. The van der Waals surface area contributed by atoms with E-state index in [1.807, 2.05) is 39.0 Å². The number of anilines is 1. The first-order chi connectivity index (χ1) is 13.0. The number of carbonyl (C=O) groups is 1. The minimum Gasteiger partial charge on any atom is -0.324 e. The fourth-order valence-corrected chi connectivity index (χ4v) is 3.32. The minimum atomic E-state index is -0.330. The Morgan fingerprint density at radius 1 is 1.26 bits per heavy atom. The van der Waals surface area contributed by atoms with Gasteiger partial charge in [-0.3, -0.25) is 14.2 Å². The van der Waals surface area contributed by atoms with Crippen LogP contribution in [-0.4, -0.2) is 31.2 Å². The number of amides is 1. The summed E-state index contributed by atoms with van der Waals surface area (Å²) in [7, 11) is 0. The van der Waals surface area contributed by atoms with E-state index in [1.54, 1.807) is 0 Å². The normalized spacial score (nSPS) is 10.9. The highest BCUT2D eigenvalue weighted by molar-refractivity contribution is 7.99. The molecule has 1 N–H and O–H groups in total. The number of nitrogens with zero attached hydrogens (tertiary/aromatic N) is 4. The van der Waals surface area contributed by atoms with Gasteiger partial charge >= 0.3 is 0 Å². The monoisotopic (exact) mass is 383 g/mol. The van der Waals surface area contributed by atoms with Crippen molar-refractivity contribution in [3.63, 3.8) is 0 Å². The SMILES string of the molecule is CCSc1ncc2c(=O)n(CC(=O)Nc3c(C)cccc3CC)cnc2n1. The highest BCUT2D eigenvalue weighted by Crippen LogP contribution is 2.21. The zero-order valence-electron chi connectivity index (χ0n) is 15.5. The van der Waals surface area contributed by atoms with Crippen molar-refractivity contribution in [2.24, 2.45) is 0 Å². The molecular weight excluding hydrogens is 362 g/mol. The Morgan fingerprint density at radius 3 is 2.81 bits per heavy atom. The molecule has 2 aromatic heterocycles. The van der Waals surface area contributed by atoms with Crippen molar-refractivity contribution >= 4 is 34.4 Å². The van der Waals surface area contributed by atoms with Crippen LogP contribution in [-0.2, 0) is 17.8 Å². The van der Waals surface area contributed by atoms with Crippen molar-refractivity contribution < 1.29 is 4.79 Å². The number of rotatable bonds is 6. The van der Waals surface area contributed by atoms with Gasteiger partial charge in [-0.2, -0.15) is 0 Å². The van der Waals surface area contributed by atoms with Crippen molar-refractivity contribution in [1.29, 1.82) is 0 Å². The molecule has 8 heteroatoms. The first-order valence-corrected chi connectivity index (χ1v) is 9.75. The van der Waals surface area contributed by atoms with Gasteiger partial charge in [-0.05, 0) is 30.2 Å². The van der Waals surface area contributed by atoms with Gasteiger partial charge in [0.25, 0.3) is 5.56 Å². The number of aryl methyl sites for hydroxylation is 2. The zero-order chi connectivity index (χ0) is 19.4. The molecular formula is C19H21N5O2S. The van der Waals surface area contributed by atoms with Crippen LogP contribution >= 0.6 is 11.8 Å². The van der Waals surface area contributed by atoms with Crippen molar-refractivity contribution in [2.75, 3.05) is 11.1 Å². The summed E-state index contributed by atoms with van der Waals surface area (Å²) in [5.74, 6) is 0.558. The summed E-state index contributed by atoms with van der Waals surface area (Å²) >= 11 is 1.48. The second kappa shape index (κ2) is 8.30. The number of carbonyl (C=O) groups excluding carboxylic acids is 1. The molecule has 0 aliphatic heterocycles. The lowest BCUT2D eigenvalue weighted by Crippen LogP contribution is -2.28. The molecule has 7 nitrogen and oxygen atoms in total. The molecule has 1 aromatic carbocycles. The van der Waals surface area contributed by atoms with Gasteiger partial charge in [-0.15, -0.1) is 0 Å². The Labute approximate surface area is 161 Å². The van der Waals surface area contributed by atoms with Crippen LogP contribution in [0.5, 0.6) is 0 Å². The Morgan fingerprint density at radius 2 is 2.07 bits per heavy atom. The average Bonchev–Trinajstić information content (AvgIpc) is 2.66. The van der Waals surface area contributed by atoms with Gasteiger partial charge in [0, 0.05) is 11.9 Å². The number of hydrogen-bond acceptors (Lipinski definition) is 6. The van der Waals surface area contributed by atoms with Crippen LogP contribution in [0.15, 0.2) is 40.7 Å². The Balaban J connectivity index is 1.84. The lowest BCUT2D eigenvalue weighted by Gasteiger charge is -2.13. The zero-order valence-corrected chi connectivity index (χ0v) is 16.3. The lowest BCUT2D eigenvalue weighted by atomic mass is 10.1. The summed E-state index contributed by atoms with van der Waals surface area (Å²) in [5.41, 5.74) is 2.86. The summed E-state index contributed by atoms with van der Waals surface area (Å²) in [5, 5.41) is 3.80. The van der Waals surface area contributed by atoms with E-state index in [0.717, 1.165) is 29.0 Å². The number of para-hydroxylation sites is 1. The first kappa shape index (κ1) is 19.0. The molecule has 0 radical (unpaired) electrons. The molecule has 0 unspecified atom stereocenters. The number of nitrogens with one attached hydrogen (secondary N) is 1. The van der Waals surface area contributed by atoms with E-state index in [1.165, 1.54) is 28.9 Å². The molecule has 0 fully saturated rings. The van der Waals surface area contributed by atoms with Crippen LogP contribution in [0.25, 0.3) is 11.0 Å². The molecule has 2 heterocycles. The van der Waals surface area contributed by atoms with Crippen LogP contribution in [0, 0.1) is 6.92 Å². The second-order valence-corrected chi connectivity index (χ2v) is 7.24. The maximum absolute atomic E-state index is 12.6. The molecule has 0 bridgehead atoms. The third kappa shape index (κ3) is 4.16. The molecule has 0 saturated carbocycles. The van der Waals surface area contributed by atoms with Crippen LogP contribution < -0.4 is 10.9 Å². The Hall–Kier alpha value is -2.74. The van der Waals surface area contributed by atoms with Crippen LogP contribution in [0.4, 0.5) is 5.69 Å². The summed E-state index contributed by atoms with van der Waals surface area (Å²) in [6.07, 6.45) is 3.64. The van der Waals surface area contributed by atoms with Crippen molar-refractivity contribution in [2.45, 2.75) is 38.9 Å². The highest BCUT2D eigenvalue weighted by Gasteiger charge is 2.12. The smallest absolute Gasteiger partial charge is 0.264 e. The van der Waals surface area contributed by atoms with E-state index in [0.29, 0.717) is 16.2 Å². The van der Waals surface area contributed by atoms with Gasteiger partial charge in [0.2, 0.25) is 5.91 Å². The van der Waals surface area contributed by atoms with Gasteiger partial charge in [0.15, 0.2) is 10.8 Å². The van der Waals surface area contributed by atoms with Gasteiger partial charge in [0.05, 0.1) is 0 Å². The number of benzene rings is 1. The highest BCUT2D eigenvalue weighted by atomic mass is 32.2. The molecule has 1 amide bonds. The van der Waals surface area contributed by atoms with Crippen molar-refractivity contribution in [3.8, 4) is 0 Å². The van der Waals surface area contributed by atoms with E-state index < -0.39 is 0 Å². The topological polar surface area (TPSA) is 89.8 Å². The number of aromatic nitrogens is 4. The fraction of sp³-hybridized carbons (Fsp3) is 0.316. The maximum Gasteiger partial charge on any atom is 0.264 e. The van der Waals surface area contributed by atoms with Crippen LogP contribution in [0.2, 0.25) is 0 Å². The third-order valence-electron chi connectivity index (χ3n) is 4.15. The van der Waals surface area contributed by atoms with E-state index in [9.17, 15) is 9.59 Å². The fourth-order valence-electron chi connectivity index (χ4n) is 2.78. The number of hydrogen-bond donors (Lipinski definition) is 1. The molecule has 140 valence electrons. The van der Waals surface area contributed by atoms with E-state index >= 15 is 0 Å². The maximum atomic E-state index is 12.6. The molecule has 3 aromatic rings. The molecule has 0 aliphatic carbocycles. The lowest BCUT2D eigenvalue weighted by molar-refractivity contribution is -0.116. The summed E-state index contributed by atoms with van der Waals surface area (Å²) in [6.45, 7) is 5.86. The molecule has 27 heavy (non-hydrogen) atoms. The molecule has 0 atom stereocenters. The molecule has 0 saturated heterocycles. The van der Waals surface area contributed by atoms with E-state index in [2.05, 4.69) is 20.3 Å². The largest absolute Gasteiger partial charge is 0.324 e. The van der Waals surface area contributed by atoms with Crippen LogP contribution in [0.1, 0.15) is 25.0 Å². The average molecular weight is 383 g/mol. The van der Waals surface area contributed by atoms with Gasteiger partial charge < -0.3 is 5.32 Å². The van der Waals surface area contributed by atoms with Gasteiger partial charge in [-0.1, -0.05) is 43.8 Å². The van der Waals surface area contributed by atoms with E-state index in [-0.39, 0.29) is 18.0 Å². The second-order valence-electron chi connectivity index (χ2n) is 6.01. The number of fused-ring (bicyclic) bond motifs is 1. The Bertz CT molecular complexity index is 1050. The summed E-state index contributed by atoms with van der Waals surface area (Å²) in [4.78, 5) is 37.8. The quantitative estimate of drug-likeness (QED) is 0.520. The van der Waals surface area contributed by atoms with Crippen LogP contribution in [0.3, 0.4) is 0 Å². The molecule has 0 aliphatic rings. The van der Waals surface area contributed by atoms with Gasteiger partial charge in [-0.25, -0.2) is 15.0 Å². The summed E-state index contributed by atoms with van der Waals surface area (Å²) in [6, 6.07) is 5.89. The standard InChI is InChI=1S/C19H21N5O2S/c1-4-13-8-6-7-12(3)16(13)22-15(25)10-24-11-21-17-14(18(24)26)9-20-19(23-17)27-5-2/h6-9,11H,4-5,10H2,1-3H3,(H,22,25). The number of thioether (sulfide) groups is 1. The predicted octanol–water partition coefficient (Wildman–Crippen LogP) is 2.81. The van der Waals surface area contributed by atoms with Crippen molar-refractivity contribution in [3.05, 3.63) is 52.2 Å². The molecule has 3 rings (SSSR count). The third-order valence-corrected chi connectivity index (χ3v) is 4.89. The minimum absolute atomic E-state index is 0.120.